The molecule has 0 fully saturated rings. The van der Waals surface area contributed by atoms with Crippen molar-refractivity contribution in [2.45, 2.75) is 12.5 Å². The van der Waals surface area contributed by atoms with E-state index in [-0.39, 0.29) is 13.2 Å². The minimum atomic E-state index is -1.10. The molecule has 0 aromatic carbocycles. The summed E-state index contributed by atoms with van der Waals surface area (Å²) in [7, 11) is 1.44. The van der Waals surface area contributed by atoms with E-state index in [1.165, 1.54) is 14.0 Å². The van der Waals surface area contributed by atoms with Crippen LogP contribution in [0.3, 0.4) is 0 Å². The van der Waals surface area contributed by atoms with Crippen LogP contribution in [0.15, 0.2) is 0 Å². The van der Waals surface area contributed by atoms with Crippen LogP contribution in [0.25, 0.3) is 0 Å². The average Bonchev–Trinajstić information content (AvgIpc) is 2.01. The summed E-state index contributed by atoms with van der Waals surface area (Å²) in [4.78, 5) is 10.7. The summed E-state index contributed by atoms with van der Waals surface area (Å²) in [6.45, 7) is 1.83. The average molecular weight is 171 g/mol. The highest BCUT2D eigenvalue weighted by Crippen LogP contribution is 2.03. The first kappa shape index (κ1) is 11.0. The molecule has 0 radical (unpaired) electrons. The van der Waals surface area contributed by atoms with Gasteiger partial charge < -0.3 is 9.84 Å². The molecule has 0 heterocycles. The van der Waals surface area contributed by atoms with Gasteiger partial charge in [-0.05, 0) is 6.92 Å². The molecule has 12 heavy (non-hydrogen) atoms. The smallest absolute Gasteiger partial charge is 0.326 e. The summed E-state index contributed by atoms with van der Waals surface area (Å²) in [5.41, 5.74) is -1.10. The van der Waals surface area contributed by atoms with Crippen LogP contribution < -0.4 is 5.32 Å². The van der Waals surface area contributed by atoms with E-state index >= 15 is 0 Å². The fourth-order valence-electron chi connectivity index (χ4n) is 0.723. The zero-order chi connectivity index (χ0) is 9.61. The van der Waals surface area contributed by atoms with E-state index in [1.54, 1.807) is 0 Å². The quantitative estimate of drug-likeness (QED) is 0.557. The van der Waals surface area contributed by atoms with Gasteiger partial charge in [0.25, 0.3) is 0 Å². The molecule has 1 unspecified atom stereocenters. The molecular weight excluding hydrogens is 158 g/mol. The maximum absolute atomic E-state index is 10.7. The van der Waals surface area contributed by atoms with E-state index in [4.69, 9.17) is 16.3 Å². The van der Waals surface area contributed by atoms with E-state index in [9.17, 15) is 4.79 Å². The van der Waals surface area contributed by atoms with Crippen molar-refractivity contribution in [3.05, 3.63) is 0 Å². The van der Waals surface area contributed by atoms with Crippen LogP contribution in [0.2, 0.25) is 0 Å². The van der Waals surface area contributed by atoms with Gasteiger partial charge in [0.05, 0.1) is 13.2 Å². The Balaban J connectivity index is 4.20. The summed E-state index contributed by atoms with van der Waals surface area (Å²) in [5, 5.41) is 11.5. The molecule has 0 bridgehead atoms. The summed E-state index contributed by atoms with van der Waals surface area (Å²) < 4.78 is 4.75. The summed E-state index contributed by atoms with van der Waals surface area (Å²) in [6.07, 6.45) is 4.99. The minimum absolute atomic E-state index is 0.0873. The summed E-state index contributed by atoms with van der Waals surface area (Å²) >= 11 is 0. The Morgan fingerprint density at radius 2 is 2.42 bits per heavy atom. The van der Waals surface area contributed by atoms with Crippen LogP contribution in [-0.4, -0.2) is 36.9 Å². The van der Waals surface area contributed by atoms with Crippen molar-refractivity contribution < 1.29 is 14.6 Å². The SMILES string of the molecule is C#CCNC(C)(COC)C(=O)O. The lowest BCUT2D eigenvalue weighted by Crippen LogP contribution is -2.53. The molecule has 4 heteroatoms. The summed E-state index contributed by atoms with van der Waals surface area (Å²) in [5.74, 6) is 1.33. The monoisotopic (exact) mass is 171 g/mol. The lowest BCUT2D eigenvalue weighted by atomic mass is 10.0. The Morgan fingerprint density at radius 3 is 2.75 bits per heavy atom. The molecule has 0 saturated heterocycles. The topological polar surface area (TPSA) is 58.6 Å². The van der Waals surface area contributed by atoms with E-state index in [0.29, 0.717) is 0 Å². The van der Waals surface area contributed by atoms with Crippen LogP contribution in [0.4, 0.5) is 0 Å². The fourth-order valence-corrected chi connectivity index (χ4v) is 0.723. The molecule has 0 aromatic rings. The van der Waals surface area contributed by atoms with Crippen molar-refractivity contribution >= 4 is 5.97 Å². The second kappa shape index (κ2) is 4.75. The molecule has 0 rings (SSSR count). The Morgan fingerprint density at radius 1 is 1.83 bits per heavy atom. The first-order valence-electron chi connectivity index (χ1n) is 3.47. The van der Waals surface area contributed by atoms with Gasteiger partial charge in [0, 0.05) is 7.11 Å². The number of hydrogen-bond donors (Lipinski definition) is 2. The van der Waals surface area contributed by atoms with Crippen molar-refractivity contribution in [1.82, 2.24) is 5.32 Å². The molecule has 0 aromatic heterocycles. The normalized spacial score (nSPS) is 14.8. The zero-order valence-corrected chi connectivity index (χ0v) is 7.26. The third kappa shape index (κ3) is 2.91. The van der Waals surface area contributed by atoms with Crippen LogP contribution in [0.5, 0.6) is 0 Å². The molecule has 1 atom stereocenters. The van der Waals surface area contributed by atoms with Crippen molar-refractivity contribution in [2.24, 2.45) is 0 Å². The van der Waals surface area contributed by atoms with Crippen LogP contribution in [-0.2, 0) is 9.53 Å². The molecule has 0 aliphatic rings. The van der Waals surface area contributed by atoms with Gasteiger partial charge in [-0.25, -0.2) is 0 Å². The predicted molar refractivity (Wildman–Crippen MR) is 44.8 cm³/mol. The van der Waals surface area contributed by atoms with Crippen molar-refractivity contribution in [3.63, 3.8) is 0 Å². The fraction of sp³-hybridized carbons (Fsp3) is 0.625. The van der Waals surface area contributed by atoms with E-state index in [2.05, 4.69) is 11.2 Å². The molecule has 0 saturated carbocycles. The van der Waals surface area contributed by atoms with Crippen LogP contribution in [0, 0.1) is 12.3 Å². The molecule has 0 amide bonds. The van der Waals surface area contributed by atoms with Gasteiger partial charge in [0.2, 0.25) is 0 Å². The maximum atomic E-state index is 10.7. The minimum Gasteiger partial charge on any atom is -0.480 e. The number of nitrogens with one attached hydrogen (secondary N) is 1. The van der Waals surface area contributed by atoms with Gasteiger partial charge in [-0.1, -0.05) is 5.92 Å². The number of carboxylic acids is 1. The molecular formula is C8H13NO3. The molecule has 68 valence electrons. The molecule has 0 aliphatic heterocycles. The predicted octanol–water partition coefficient (Wildman–Crippen LogP) is -0.301. The van der Waals surface area contributed by atoms with Crippen molar-refractivity contribution in [3.8, 4) is 12.3 Å². The zero-order valence-electron chi connectivity index (χ0n) is 7.26. The van der Waals surface area contributed by atoms with Crippen LogP contribution >= 0.6 is 0 Å². The Labute approximate surface area is 71.9 Å². The lowest BCUT2D eigenvalue weighted by molar-refractivity contribution is -0.146. The second-order valence-corrected chi connectivity index (χ2v) is 2.63. The highest BCUT2D eigenvalue weighted by molar-refractivity contribution is 5.78. The van der Waals surface area contributed by atoms with Gasteiger partial charge >= 0.3 is 5.97 Å². The number of carboxylic acid groups (broad SMARTS) is 1. The molecule has 0 aliphatic carbocycles. The van der Waals surface area contributed by atoms with Gasteiger partial charge in [-0.2, -0.15) is 0 Å². The molecule has 4 nitrogen and oxygen atoms in total. The largest absolute Gasteiger partial charge is 0.480 e. The Kier molecular flexibility index (Phi) is 4.34. The van der Waals surface area contributed by atoms with E-state index in [0.717, 1.165) is 0 Å². The number of carbonyl (C=O) groups is 1. The Hall–Kier alpha value is -1.05. The van der Waals surface area contributed by atoms with Crippen molar-refractivity contribution in [2.75, 3.05) is 20.3 Å². The second-order valence-electron chi connectivity index (χ2n) is 2.63. The highest BCUT2D eigenvalue weighted by Gasteiger charge is 2.31. The van der Waals surface area contributed by atoms with Gasteiger partial charge in [0.1, 0.15) is 5.54 Å². The van der Waals surface area contributed by atoms with Gasteiger partial charge in [-0.3, -0.25) is 10.1 Å². The Bertz CT molecular complexity index is 197. The van der Waals surface area contributed by atoms with Gasteiger partial charge in [0.15, 0.2) is 0 Å². The summed E-state index contributed by atoms with van der Waals surface area (Å²) in [6, 6.07) is 0. The van der Waals surface area contributed by atoms with Crippen molar-refractivity contribution in [1.29, 1.82) is 0 Å². The molecule has 2 N–H and O–H groups in total. The maximum Gasteiger partial charge on any atom is 0.326 e. The third-order valence-corrected chi connectivity index (χ3v) is 1.49. The lowest BCUT2D eigenvalue weighted by Gasteiger charge is -2.23. The van der Waals surface area contributed by atoms with E-state index in [1.807, 2.05) is 0 Å². The number of ether oxygens (including phenoxy) is 1. The number of rotatable bonds is 5. The first-order valence-corrected chi connectivity index (χ1v) is 3.47. The standard InChI is InChI=1S/C8H13NO3/c1-4-5-9-8(2,6-12-3)7(10)11/h1,9H,5-6H2,2-3H3,(H,10,11). The highest BCUT2D eigenvalue weighted by atomic mass is 16.5. The van der Waals surface area contributed by atoms with Crippen LogP contribution in [0.1, 0.15) is 6.92 Å². The number of methoxy groups -OCH3 is 1. The number of aliphatic carboxylic acids is 1. The number of terminal acetylenes is 1. The first-order chi connectivity index (χ1) is 5.56. The van der Waals surface area contributed by atoms with Gasteiger partial charge in [-0.15, -0.1) is 6.42 Å². The van der Waals surface area contributed by atoms with E-state index < -0.39 is 11.5 Å². The third-order valence-electron chi connectivity index (χ3n) is 1.49. The molecule has 0 spiro atoms. The number of hydrogen-bond acceptors (Lipinski definition) is 3.